The highest BCUT2D eigenvalue weighted by atomic mass is 35.5. The number of carbonyl (C=O) groups is 3. The number of aromatic nitrogens is 4. The van der Waals surface area contributed by atoms with Crippen LogP contribution in [0, 0.1) is 11.8 Å². The molecule has 0 saturated heterocycles. The van der Waals surface area contributed by atoms with Crippen molar-refractivity contribution >= 4 is 52.4 Å². The Morgan fingerprint density at radius 2 is 1.26 bits per heavy atom. The van der Waals surface area contributed by atoms with Gasteiger partial charge in [-0.15, -0.1) is 0 Å². The second-order valence-electron chi connectivity index (χ2n) is 14.6. The van der Waals surface area contributed by atoms with E-state index in [-0.39, 0.29) is 17.7 Å². The first kappa shape index (κ1) is 37.1. The largest absolute Gasteiger partial charge is 0.481 e. The van der Waals surface area contributed by atoms with Crippen LogP contribution >= 0.6 is 23.2 Å². The van der Waals surface area contributed by atoms with Gasteiger partial charge in [-0.05, 0) is 56.7 Å². The van der Waals surface area contributed by atoms with E-state index >= 15 is 0 Å². The van der Waals surface area contributed by atoms with Gasteiger partial charge in [-0.3, -0.25) is 24.2 Å². The van der Waals surface area contributed by atoms with Crippen molar-refractivity contribution in [1.82, 2.24) is 28.9 Å². The minimum absolute atomic E-state index is 0.222. The minimum atomic E-state index is -0.685. The van der Waals surface area contributed by atoms with Crippen LogP contribution in [0.15, 0.2) is 36.4 Å². The molecule has 7 rings (SSSR count). The predicted octanol–water partition coefficient (Wildman–Crippen LogP) is 6.65. The number of hydrogen-bond acceptors (Lipinski definition) is 7. The molecule has 1 fully saturated rings. The Hall–Kier alpha value is -4.23. The van der Waals surface area contributed by atoms with E-state index in [2.05, 4.69) is 27.4 Å². The average Bonchev–Trinajstić information content (AvgIpc) is 3.65. The fourth-order valence-electron chi connectivity index (χ4n) is 8.22. The predicted molar refractivity (Wildman–Crippen MR) is 206 cm³/mol. The van der Waals surface area contributed by atoms with Crippen LogP contribution in [0.2, 0.25) is 10.0 Å². The molecule has 1 aliphatic carbocycles. The number of nitrogens with zero attached hydrogens (tertiary/aromatic N) is 6. The third kappa shape index (κ3) is 7.60. The molecule has 0 bridgehead atoms. The lowest BCUT2D eigenvalue weighted by Crippen LogP contribution is -2.36. The summed E-state index contributed by atoms with van der Waals surface area (Å²) >= 11 is 13.9. The summed E-state index contributed by atoms with van der Waals surface area (Å²) in [4.78, 5) is 52.7. The molecule has 2 aromatic carbocycles. The number of imidazole rings is 2. The summed E-state index contributed by atoms with van der Waals surface area (Å²) in [5.74, 6) is -0.517. The third-order valence-corrected chi connectivity index (χ3v) is 11.9. The summed E-state index contributed by atoms with van der Waals surface area (Å²) in [7, 11) is 3.74. The number of rotatable bonds is 10. The molecular formula is C39H46Cl2N8O4. The highest BCUT2D eigenvalue weighted by Crippen LogP contribution is 2.40. The van der Waals surface area contributed by atoms with Gasteiger partial charge in [0, 0.05) is 82.2 Å². The Bertz CT molecular complexity index is 2050. The SMILES string of the molecule is CCCN1CCc2c(nc(C(=O)Nc3cccc(-c4cccc(NC(=O)c5nc6c(n5C)CCN(CC5CCC(C(=O)O)CC5)C6)c4Cl)c3Cl)n2C)C1. The van der Waals surface area contributed by atoms with E-state index in [1.54, 1.807) is 24.3 Å². The van der Waals surface area contributed by atoms with Gasteiger partial charge in [0.25, 0.3) is 11.8 Å². The molecular weight excluding hydrogens is 715 g/mol. The Balaban J connectivity index is 1.03. The first-order chi connectivity index (χ1) is 25.5. The normalized spacial score (nSPS) is 19.0. The number of fused-ring (bicyclic) bond motifs is 2. The van der Waals surface area contributed by atoms with Gasteiger partial charge in [-0.1, -0.05) is 54.4 Å². The molecule has 0 unspecified atom stereocenters. The molecule has 0 atom stereocenters. The molecule has 12 nitrogen and oxygen atoms in total. The van der Waals surface area contributed by atoms with E-state index in [0.29, 0.717) is 56.7 Å². The van der Waals surface area contributed by atoms with Crippen LogP contribution in [0.3, 0.4) is 0 Å². The number of hydrogen-bond donors (Lipinski definition) is 3. The fourth-order valence-corrected chi connectivity index (χ4v) is 8.77. The first-order valence-electron chi connectivity index (χ1n) is 18.5. The summed E-state index contributed by atoms with van der Waals surface area (Å²) in [6, 6.07) is 10.7. The number of anilines is 2. The summed E-state index contributed by atoms with van der Waals surface area (Å²) in [5.41, 5.74) is 5.97. The molecule has 3 aliphatic rings. The van der Waals surface area contributed by atoms with Crippen molar-refractivity contribution in [3.05, 3.63) is 80.9 Å². The smallest absolute Gasteiger partial charge is 0.306 e. The number of carboxylic acid groups (broad SMARTS) is 1. The maximum atomic E-state index is 13.7. The van der Waals surface area contributed by atoms with Crippen molar-refractivity contribution in [1.29, 1.82) is 0 Å². The van der Waals surface area contributed by atoms with Crippen LogP contribution in [-0.4, -0.2) is 78.0 Å². The zero-order valence-electron chi connectivity index (χ0n) is 30.4. The minimum Gasteiger partial charge on any atom is -0.481 e. The summed E-state index contributed by atoms with van der Waals surface area (Å²) in [6.45, 7) is 7.25. The van der Waals surface area contributed by atoms with Crippen molar-refractivity contribution in [2.24, 2.45) is 25.9 Å². The number of halogens is 2. The number of amides is 2. The second kappa shape index (κ2) is 15.6. The van der Waals surface area contributed by atoms with Crippen molar-refractivity contribution < 1.29 is 19.5 Å². The highest BCUT2D eigenvalue weighted by Gasteiger charge is 2.31. The van der Waals surface area contributed by atoms with Crippen molar-refractivity contribution in [2.75, 3.05) is 36.8 Å². The van der Waals surface area contributed by atoms with Crippen molar-refractivity contribution in [2.45, 2.75) is 65.0 Å². The molecule has 14 heteroatoms. The maximum Gasteiger partial charge on any atom is 0.306 e. The quantitative estimate of drug-likeness (QED) is 0.164. The standard InChI is InChI=1S/C39H46Cl2N8O4/c1-4-17-48-18-15-31-29(21-48)42-35(46(31)2)37(50)44-27-9-5-7-25(33(27)40)26-8-6-10-28(34(26)41)45-38(51)36-43-30-22-49(19-16-32(30)47(36)3)20-23-11-13-24(14-12-23)39(52)53/h5-10,23-24H,4,11-22H2,1-3H3,(H,44,50)(H,45,51)(H,52,53). The number of carboxylic acids is 1. The Morgan fingerprint density at radius 1 is 0.774 bits per heavy atom. The van der Waals surface area contributed by atoms with Gasteiger partial charge in [0.1, 0.15) is 0 Å². The van der Waals surface area contributed by atoms with Crippen molar-refractivity contribution in [3.8, 4) is 11.1 Å². The van der Waals surface area contributed by atoms with Crippen LogP contribution in [0.5, 0.6) is 0 Å². The van der Waals surface area contributed by atoms with E-state index < -0.39 is 5.97 Å². The van der Waals surface area contributed by atoms with E-state index in [1.165, 1.54) is 0 Å². The highest BCUT2D eigenvalue weighted by molar-refractivity contribution is 6.40. The lowest BCUT2D eigenvalue weighted by Gasteiger charge is -2.33. The molecule has 2 aliphatic heterocycles. The molecule has 3 N–H and O–H groups in total. The topological polar surface area (TPSA) is 138 Å². The molecule has 4 aromatic rings. The first-order valence-corrected chi connectivity index (χ1v) is 19.2. The summed E-state index contributed by atoms with van der Waals surface area (Å²) in [5, 5.41) is 15.9. The number of aliphatic carboxylic acids is 1. The Labute approximate surface area is 319 Å². The van der Waals surface area contributed by atoms with E-state index in [0.717, 1.165) is 100 Å². The lowest BCUT2D eigenvalue weighted by atomic mass is 9.81. The summed E-state index contributed by atoms with van der Waals surface area (Å²) in [6.07, 6.45) is 5.99. The van der Waals surface area contributed by atoms with Crippen LogP contribution in [0.4, 0.5) is 11.4 Å². The van der Waals surface area contributed by atoms with Gasteiger partial charge in [0.15, 0.2) is 11.6 Å². The molecule has 4 heterocycles. The molecule has 280 valence electrons. The fraction of sp³-hybridized carbons (Fsp3) is 0.462. The second-order valence-corrected chi connectivity index (χ2v) is 15.3. The van der Waals surface area contributed by atoms with Crippen LogP contribution in [0.25, 0.3) is 11.1 Å². The van der Waals surface area contributed by atoms with Gasteiger partial charge >= 0.3 is 5.97 Å². The third-order valence-electron chi connectivity index (χ3n) is 11.1. The van der Waals surface area contributed by atoms with Crippen LogP contribution < -0.4 is 10.6 Å². The monoisotopic (exact) mass is 760 g/mol. The van der Waals surface area contributed by atoms with Crippen LogP contribution in [-0.2, 0) is 44.8 Å². The van der Waals surface area contributed by atoms with E-state index in [1.807, 2.05) is 35.4 Å². The zero-order chi connectivity index (χ0) is 37.4. The molecule has 0 radical (unpaired) electrons. The molecule has 1 saturated carbocycles. The van der Waals surface area contributed by atoms with E-state index in [4.69, 9.17) is 33.2 Å². The lowest BCUT2D eigenvalue weighted by molar-refractivity contribution is -0.143. The van der Waals surface area contributed by atoms with E-state index in [9.17, 15) is 19.5 Å². The van der Waals surface area contributed by atoms with Gasteiger partial charge in [-0.25, -0.2) is 9.97 Å². The van der Waals surface area contributed by atoms with Gasteiger partial charge in [0.05, 0.1) is 38.7 Å². The van der Waals surface area contributed by atoms with Gasteiger partial charge in [0.2, 0.25) is 0 Å². The van der Waals surface area contributed by atoms with Crippen LogP contribution in [0.1, 0.15) is 83.0 Å². The number of carbonyl (C=O) groups excluding carboxylic acids is 2. The maximum absolute atomic E-state index is 13.7. The summed E-state index contributed by atoms with van der Waals surface area (Å²) < 4.78 is 3.74. The zero-order valence-corrected chi connectivity index (χ0v) is 31.9. The number of nitrogens with one attached hydrogen (secondary N) is 2. The molecule has 0 spiro atoms. The molecule has 53 heavy (non-hydrogen) atoms. The van der Waals surface area contributed by atoms with Crippen molar-refractivity contribution in [3.63, 3.8) is 0 Å². The molecule has 2 amide bonds. The Morgan fingerprint density at radius 3 is 1.75 bits per heavy atom. The van der Waals surface area contributed by atoms with Gasteiger partial charge in [-0.2, -0.15) is 0 Å². The molecule has 2 aromatic heterocycles. The number of benzene rings is 2. The van der Waals surface area contributed by atoms with Gasteiger partial charge < -0.3 is 24.9 Å². The average molecular weight is 762 g/mol. The Kier molecular flexibility index (Phi) is 10.9.